The largest absolute Gasteiger partial charge is 0.154 e. The molecule has 5 aromatic heterocycles. The van der Waals surface area contributed by atoms with Crippen LogP contribution in [-0.4, -0.2) is 19.8 Å². The quantitative estimate of drug-likeness (QED) is 0.0558. The molecule has 0 fully saturated rings. The van der Waals surface area contributed by atoms with E-state index in [0.29, 0.717) is 0 Å². The molecule has 4 nitrogen and oxygen atoms in total. The van der Waals surface area contributed by atoms with Gasteiger partial charge in [0.2, 0.25) is 0 Å². The molecule has 5 rings (SSSR count). The van der Waals surface area contributed by atoms with E-state index in [1.165, 1.54) is 176 Å². The second-order valence-corrected chi connectivity index (χ2v) is 18.4. The molecule has 0 aliphatic heterocycles. The van der Waals surface area contributed by atoms with Crippen LogP contribution in [0, 0.1) is 13.8 Å². The van der Waals surface area contributed by atoms with Crippen LogP contribution < -0.4 is 0 Å². The molecule has 0 spiro atoms. The van der Waals surface area contributed by atoms with Gasteiger partial charge in [-0.3, -0.25) is 0 Å². The normalized spacial score (nSPS) is 11.8. The minimum Gasteiger partial charge on any atom is -0.154 e. The molecule has 50 heavy (non-hydrogen) atoms. The Kier molecular flexibility index (Phi) is 16.9. The number of aromatic nitrogens is 4. The SMILES string of the molecule is CCCCCCCCCCCCc1cc(C)sc1-c1ccc(-c2sc(-c3nnc(C)c4snnc34)cc2CCCCCCCCCCCC)s1. The molecule has 272 valence electrons. The van der Waals surface area contributed by atoms with Crippen LogP contribution in [0.25, 0.3) is 40.3 Å². The summed E-state index contributed by atoms with van der Waals surface area (Å²) < 4.78 is 5.30. The van der Waals surface area contributed by atoms with Gasteiger partial charge in [-0.25, -0.2) is 0 Å². The Morgan fingerprint density at radius 1 is 0.500 bits per heavy atom. The maximum absolute atomic E-state index is 4.66. The first kappa shape index (κ1) is 39.2. The zero-order valence-electron chi connectivity index (χ0n) is 31.3. The maximum atomic E-state index is 4.66. The number of unbranched alkanes of at least 4 members (excludes halogenated alkanes) is 18. The number of thiophene rings is 3. The van der Waals surface area contributed by atoms with Crippen LogP contribution in [0.3, 0.4) is 0 Å². The first-order valence-electron chi connectivity index (χ1n) is 19.9. The Morgan fingerprint density at radius 2 is 1.00 bits per heavy atom. The van der Waals surface area contributed by atoms with E-state index in [2.05, 4.69) is 64.8 Å². The lowest BCUT2D eigenvalue weighted by atomic mass is 10.0. The van der Waals surface area contributed by atoms with Crippen molar-refractivity contribution < 1.29 is 0 Å². The molecule has 0 aliphatic carbocycles. The summed E-state index contributed by atoms with van der Waals surface area (Å²) in [7, 11) is 0. The van der Waals surface area contributed by atoms with Gasteiger partial charge in [-0.1, -0.05) is 134 Å². The molecule has 0 aliphatic rings. The molecule has 0 saturated heterocycles. The summed E-state index contributed by atoms with van der Waals surface area (Å²) >= 11 is 7.24. The van der Waals surface area contributed by atoms with Crippen LogP contribution >= 0.6 is 45.5 Å². The average molecular weight is 749 g/mol. The first-order valence-corrected chi connectivity index (χ1v) is 23.1. The van der Waals surface area contributed by atoms with Gasteiger partial charge in [-0.05, 0) is 86.5 Å². The highest BCUT2D eigenvalue weighted by Crippen LogP contribution is 2.46. The smallest absolute Gasteiger partial charge is 0.136 e. The molecule has 0 unspecified atom stereocenters. The van der Waals surface area contributed by atoms with Gasteiger partial charge >= 0.3 is 0 Å². The van der Waals surface area contributed by atoms with Crippen LogP contribution in [0.1, 0.15) is 164 Å². The summed E-state index contributed by atoms with van der Waals surface area (Å²) in [5, 5.41) is 13.6. The van der Waals surface area contributed by atoms with Crippen molar-refractivity contribution in [3.05, 3.63) is 46.0 Å². The standard InChI is InChI=1S/C42H60N4S4/c1-5-7-9-11-13-15-17-19-21-23-25-33-29-31(3)47-41(33)35-27-28-36(48-35)42-34(26-24-22-20-18-16-14-12-10-8-6-2)30-37(49-42)38-39-40(50-46-45-39)32(4)43-44-38/h27-30H,5-26H2,1-4H3. The van der Waals surface area contributed by atoms with E-state index in [-0.39, 0.29) is 0 Å². The number of aryl methyl sites for hydroxylation is 4. The fraction of sp³-hybridized carbons (Fsp3) is 0.619. The van der Waals surface area contributed by atoms with Crippen LogP contribution in [0.2, 0.25) is 0 Å². The number of hydrogen-bond donors (Lipinski definition) is 0. The van der Waals surface area contributed by atoms with Gasteiger partial charge in [-0.15, -0.1) is 44.2 Å². The van der Waals surface area contributed by atoms with E-state index in [0.717, 1.165) is 32.9 Å². The van der Waals surface area contributed by atoms with Gasteiger partial charge in [0.1, 0.15) is 15.9 Å². The van der Waals surface area contributed by atoms with Crippen molar-refractivity contribution in [3.63, 3.8) is 0 Å². The lowest BCUT2D eigenvalue weighted by molar-refractivity contribution is 0.556. The molecule has 0 aromatic carbocycles. The van der Waals surface area contributed by atoms with Gasteiger partial charge in [-0.2, -0.15) is 5.10 Å². The number of nitrogens with zero attached hydrogens (tertiary/aromatic N) is 4. The van der Waals surface area contributed by atoms with E-state index < -0.39 is 0 Å². The molecule has 0 amide bonds. The van der Waals surface area contributed by atoms with E-state index in [1.54, 1.807) is 5.56 Å². The Morgan fingerprint density at radius 3 is 1.56 bits per heavy atom. The van der Waals surface area contributed by atoms with E-state index >= 15 is 0 Å². The average Bonchev–Trinajstić information content (AvgIpc) is 3.93. The van der Waals surface area contributed by atoms with Crippen molar-refractivity contribution in [3.8, 4) is 30.1 Å². The first-order chi connectivity index (χ1) is 24.6. The van der Waals surface area contributed by atoms with Gasteiger partial charge in [0.05, 0.1) is 10.6 Å². The van der Waals surface area contributed by atoms with Crippen LogP contribution in [0.4, 0.5) is 0 Å². The fourth-order valence-electron chi connectivity index (χ4n) is 7.06. The van der Waals surface area contributed by atoms with Crippen molar-refractivity contribution in [1.29, 1.82) is 0 Å². The topological polar surface area (TPSA) is 51.6 Å². The predicted molar refractivity (Wildman–Crippen MR) is 224 cm³/mol. The highest BCUT2D eigenvalue weighted by atomic mass is 32.1. The summed E-state index contributed by atoms with van der Waals surface area (Å²) in [6.07, 6.45) is 29.7. The second-order valence-electron chi connectivity index (χ2n) is 14.3. The molecule has 5 aromatic rings. The summed E-state index contributed by atoms with van der Waals surface area (Å²) in [6, 6.07) is 9.59. The molecule has 5 heterocycles. The molecule has 0 saturated carbocycles. The molecular formula is C42H60N4S4. The summed E-state index contributed by atoms with van der Waals surface area (Å²) in [5.74, 6) is 0. The third-order valence-corrected chi connectivity index (χ3v) is 14.5. The predicted octanol–water partition coefficient (Wildman–Crippen LogP) is 15.2. The molecule has 0 atom stereocenters. The third kappa shape index (κ3) is 11.5. The molecule has 0 bridgehead atoms. The third-order valence-electron chi connectivity index (χ3n) is 9.97. The minimum atomic E-state index is 0.879. The van der Waals surface area contributed by atoms with Gasteiger partial charge in [0.15, 0.2) is 0 Å². The number of fused-ring (bicyclic) bond motifs is 1. The minimum absolute atomic E-state index is 0.879. The molecule has 0 radical (unpaired) electrons. The monoisotopic (exact) mass is 748 g/mol. The highest BCUT2D eigenvalue weighted by Gasteiger charge is 2.20. The van der Waals surface area contributed by atoms with Gasteiger partial charge in [0.25, 0.3) is 0 Å². The summed E-state index contributed by atoms with van der Waals surface area (Å²) in [5.41, 5.74) is 5.67. The van der Waals surface area contributed by atoms with Crippen molar-refractivity contribution in [2.75, 3.05) is 0 Å². The lowest BCUT2D eigenvalue weighted by Gasteiger charge is -2.04. The lowest BCUT2D eigenvalue weighted by Crippen LogP contribution is -1.91. The van der Waals surface area contributed by atoms with E-state index in [4.69, 9.17) is 0 Å². The van der Waals surface area contributed by atoms with Crippen LogP contribution in [0.15, 0.2) is 24.3 Å². The zero-order chi connectivity index (χ0) is 35.0. The van der Waals surface area contributed by atoms with Crippen LogP contribution in [-0.2, 0) is 12.8 Å². The van der Waals surface area contributed by atoms with Gasteiger partial charge in [0, 0.05) is 24.4 Å². The number of hydrogen-bond acceptors (Lipinski definition) is 8. The Labute approximate surface area is 318 Å². The van der Waals surface area contributed by atoms with E-state index in [9.17, 15) is 0 Å². The van der Waals surface area contributed by atoms with Crippen molar-refractivity contribution >= 4 is 55.8 Å². The second kappa shape index (κ2) is 21.5. The van der Waals surface area contributed by atoms with E-state index in [1.807, 2.05) is 40.9 Å². The van der Waals surface area contributed by atoms with Crippen molar-refractivity contribution in [2.24, 2.45) is 0 Å². The molecule has 0 N–H and O–H groups in total. The molecular weight excluding hydrogens is 689 g/mol. The van der Waals surface area contributed by atoms with Gasteiger partial charge < -0.3 is 0 Å². The van der Waals surface area contributed by atoms with Crippen molar-refractivity contribution in [2.45, 2.75) is 169 Å². The number of rotatable bonds is 25. The Bertz CT molecular complexity index is 1690. The van der Waals surface area contributed by atoms with Crippen molar-refractivity contribution in [1.82, 2.24) is 19.8 Å². The summed E-state index contributed by atoms with van der Waals surface area (Å²) in [6.45, 7) is 8.87. The maximum Gasteiger partial charge on any atom is 0.136 e. The zero-order valence-corrected chi connectivity index (χ0v) is 34.6. The Hall–Kier alpha value is -2.00. The van der Waals surface area contributed by atoms with Crippen LogP contribution in [0.5, 0.6) is 0 Å². The molecule has 8 heteroatoms. The fourth-order valence-corrected chi connectivity index (χ4v) is 11.2. The Balaban J connectivity index is 1.24. The summed E-state index contributed by atoms with van der Waals surface area (Å²) in [4.78, 5) is 8.27. The highest BCUT2D eigenvalue weighted by molar-refractivity contribution is 7.27.